The lowest BCUT2D eigenvalue weighted by molar-refractivity contribution is 0.0816. The Balaban J connectivity index is 2.03. The zero-order valence-electron chi connectivity index (χ0n) is 13.3. The topological polar surface area (TPSA) is 60.5 Å². The molecule has 0 saturated heterocycles. The molecule has 1 aliphatic heterocycles. The quantitative estimate of drug-likeness (QED) is 0.697. The molecular formula is C18H18N2O3. The number of rotatable bonds is 3. The van der Waals surface area contributed by atoms with Crippen LogP contribution in [0.4, 0.5) is 0 Å². The molecule has 1 aliphatic rings. The molecular weight excluding hydrogens is 292 g/mol. The van der Waals surface area contributed by atoms with Crippen LogP contribution in [0.25, 0.3) is 5.70 Å². The first-order valence-electron chi connectivity index (χ1n) is 7.31. The molecule has 0 radical (unpaired) electrons. The van der Waals surface area contributed by atoms with Crippen LogP contribution in [0.5, 0.6) is 11.5 Å². The fourth-order valence-corrected chi connectivity index (χ4v) is 2.54. The number of carbonyl (C=O) groups excluding carboxylic acids is 1. The lowest BCUT2D eigenvalue weighted by Crippen LogP contribution is -2.46. The molecule has 1 aromatic carbocycles. The molecule has 2 heterocycles. The van der Waals surface area contributed by atoms with Crippen molar-refractivity contribution in [3.8, 4) is 11.5 Å². The predicted molar refractivity (Wildman–Crippen MR) is 87.4 cm³/mol. The van der Waals surface area contributed by atoms with Crippen LogP contribution < -0.4 is 14.8 Å². The minimum Gasteiger partial charge on any atom is -0.494 e. The highest BCUT2D eigenvalue weighted by molar-refractivity contribution is 6.10. The van der Waals surface area contributed by atoms with E-state index in [0.29, 0.717) is 11.3 Å². The van der Waals surface area contributed by atoms with E-state index >= 15 is 0 Å². The standard InChI is InChI=1S/C18H18N2O3/c1-18(2)20-14(12-6-4-5-7-16(12)23-18)10-15(21)13-8-9-19-11-17(13)22-3/h4-11,20H,1-3H3/b14-10+. The number of hydrogen-bond donors (Lipinski definition) is 1. The third kappa shape index (κ3) is 3.04. The normalized spacial score (nSPS) is 16.9. The molecule has 0 aliphatic carbocycles. The Morgan fingerprint density at radius 2 is 2.09 bits per heavy atom. The molecule has 3 rings (SSSR count). The van der Waals surface area contributed by atoms with Gasteiger partial charge in [0.15, 0.2) is 11.5 Å². The number of nitrogens with one attached hydrogen (secondary N) is 1. The van der Waals surface area contributed by atoms with Crippen LogP contribution in [-0.2, 0) is 0 Å². The minimum absolute atomic E-state index is 0.153. The van der Waals surface area contributed by atoms with Crippen molar-refractivity contribution in [2.24, 2.45) is 0 Å². The van der Waals surface area contributed by atoms with Crippen LogP contribution in [0.2, 0.25) is 0 Å². The van der Waals surface area contributed by atoms with Crippen LogP contribution in [0.1, 0.15) is 29.8 Å². The van der Waals surface area contributed by atoms with Crippen LogP contribution in [0, 0.1) is 0 Å². The van der Waals surface area contributed by atoms with Gasteiger partial charge in [0, 0.05) is 17.8 Å². The van der Waals surface area contributed by atoms with Gasteiger partial charge in [-0.25, -0.2) is 0 Å². The molecule has 118 valence electrons. The number of carbonyl (C=O) groups is 1. The lowest BCUT2D eigenvalue weighted by Gasteiger charge is -2.36. The maximum atomic E-state index is 12.6. The molecule has 23 heavy (non-hydrogen) atoms. The van der Waals surface area contributed by atoms with E-state index < -0.39 is 5.72 Å². The summed E-state index contributed by atoms with van der Waals surface area (Å²) in [6, 6.07) is 9.28. The van der Waals surface area contributed by atoms with Gasteiger partial charge in [0.25, 0.3) is 0 Å². The number of nitrogens with zero attached hydrogens (tertiary/aromatic N) is 1. The smallest absolute Gasteiger partial charge is 0.191 e. The molecule has 5 heteroatoms. The molecule has 1 aromatic heterocycles. The second-order valence-electron chi connectivity index (χ2n) is 5.73. The average molecular weight is 310 g/mol. The number of benzene rings is 1. The van der Waals surface area contributed by atoms with Crippen LogP contribution in [0.15, 0.2) is 48.8 Å². The van der Waals surface area contributed by atoms with E-state index in [2.05, 4.69) is 10.3 Å². The molecule has 0 spiro atoms. The first-order valence-corrected chi connectivity index (χ1v) is 7.31. The van der Waals surface area contributed by atoms with Crippen LogP contribution in [-0.4, -0.2) is 23.6 Å². The maximum Gasteiger partial charge on any atom is 0.191 e. The van der Waals surface area contributed by atoms with E-state index in [0.717, 1.165) is 17.0 Å². The van der Waals surface area contributed by atoms with Crippen molar-refractivity contribution in [1.29, 1.82) is 0 Å². The van der Waals surface area contributed by atoms with Gasteiger partial charge in [-0.05, 0) is 32.0 Å². The summed E-state index contributed by atoms with van der Waals surface area (Å²) in [5.41, 5.74) is 1.45. The summed E-state index contributed by atoms with van der Waals surface area (Å²) in [6.07, 6.45) is 4.67. The van der Waals surface area contributed by atoms with Crippen molar-refractivity contribution < 1.29 is 14.3 Å². The van der Waals surface area contributed by atoms with Crippen molar-refractivity contribution in [2.45, 2.75) is 19.6 Å². The largest absolute Gasteiger partial charge is 0.494 e. The summed E-state index contributed by atoms with van der Waals surface area (Å²) >= 11 is 0. The number of ether oxygens (including phenoxy) is 2. The monoisotopic (exact) mass is 310 g/mol. The molecule has 0 bridgehead atoms. The van der Waals surface area contributed by atoms with Gasteiger partial charge in [0.05, 0.1) is 24.6 Å². The summed E-state index contributed by atoms with van der Waals surface area (Å²) in [6.45, 7) is 3.82. The van der Waals surface area contributed by atoms with Gasteiger partial charge < -0.3 is 14.8 Å². The molecule has 0 unspecified atom stereocenters. The number of hydrogen-bond acceptors (Lipinski definition) is 5. The second-order valence-corrected chi connectivity index (χ2v) is 5.73. The van der Waals surface area contributed by atoms with Crippen molar-refractivity contribution in [3.05, 3.63) is 59.9 Å². The molecule has 1 N–H and O–H groups in total. The van der Waals surface area contributed by atoms with Gasteiger partial charge in [-0.15, -0.1) is 0 Å². The highest BCUT2D eigenvalue weighted by Gasteiger charge is 2.29. The molecule has 0 fully saturated rings. The Morgan fingerprint density at radius 1 is 1.30 bits per heavy atom. The van der Waals surface area contributed by atoms with Gasteiger partial charge in [-0.1, -0.05) is 12.1 Å². The number of para-hydroxylation sites is 1. The van der Waals surface area contributed by atoms with Crippen molar-refractivity contribution >= 4 is 11.5 Å². The fraction of sp³-hybridized carbons (Fsp3) is 0.222. The molecule has 0 amide bonds. The minimum atomic E-state index is -0.594. The van der Waals surface area contributed by atoms with Gasteiger partial charge in [-0.3, -0.25) is 9.78 Å². The Bertz CT molecular complexity index is 781. The number of aromatic nitrogens is 1. The number of fused-ring (bicyclic) bond motifs is 1. The first kappa shape index (κ1) is 15.1. The Labute approximate surface area is 135 Å². The summed E-state index contributed by atoms with van der Waals surface area (Å²) in [7, 11) is 1.52. The zero-order chi connectivity index (χ0) is 16.4. The number of ketones is 1. The number of pyridine rings is 1. The van der Waals surface area contributed by atoms with Gasteiger partial charge >= 0.3 is 0 Å². The van der Waals surface area contributed by atoms with Crippen molar-refractivity contribution in [1.82, 2.24) is 10.3 Å². The molecule has 0 saturated carbocycles. The number of allylic oxidation sites excluding steroid dienone is 1. The third-order valence-corrected chi connectivity index (χ3v) is 3.52. The van der Waals surface area contributed by atoms with E-state index in [1.807, 2.05) is 38.1 Å². The van der Waals surface area contributed by atoms with Crippen LogP contribution in [0.3, 0.4) is 0 Å². The Hall–Kier alpha value is -2.82. The second kappa shape index (κ2) is 5.76. The maximum absolute atomic E-state index is 12.6. The SMILES string of the molecule is COc1cnccc1C(=O)/C=C1/NC(C)(C)Oc2ccccc21. The molecule has 2 aromatic rings. The highest BCUT2D eigenvalue weighted by Crippen LogP contribution is 2.33. The summed E-state index contributed by atoms with van der Waals surface area (Å²) in [5.74, 6) is 1.05. The lowest BCUT2D eigenvalue weighted by atomic mass is 10.0. The van der Waals surface area contributed by atoms with Crippen molar-refractivity contribution in [2.75, 3.05) is 7.11 Å². The van der Waals surface area contributed by atoms with E-state index in [1.54, 1.807) is 18.3 Å². The molecule has 5 nitrogen and oxygen atoms in total. The van der Waals surface area contributed by atoms with Crippen LogP contribution >= 0.6 is 0 Å². The fourth-order valence-electron chi connectivity index (χ4n) is 2.54. The van der Waals surface area contributed by atoms with Crippen molar-refractivity contribution in [3.63, 3.8) is 0 Å². The summed E-state index contributed by atoms with van der Waals surface area (Å²) in [5, 5.41) is 3.25. The highest BCUT2D eigenvalue weighted by atomic mass is 16.5. The first-order chi connectivity index (χ1) is 11.0. The van der Waals surface area contributed by atoms with E-state index in [-0.39, 0.29) is 5.78 Å². The molecule has 0 atom stereocenters. The van der Waals surface area contributed by atoms with E-state index in [4.69, 9.17) is 9.47 Å². The van der Waals surface area contributed by atoms with E-state index in [9.17, 15) is 4.79 Å². The van der Waals surface area contributed by atoms with Gasteiger partial charge in [-0.2, -0.15) is 0 Å². The van der Waals surface area contributed by atoms with Gasteiger partial charge in [0.1, 0.15) is 11.5 Å². The zero-order valence-corrected chi connectivity index (χ0v) is 13.3. The summed E-state index contributed by atoms with van der Waals surface area (Å²) in [4.78, 5) is 16.6. The Kier molecular flexibility index (Phi) is 3.78. The number of methoxy groups -OCH3 is 1. The predicted octanol–water partition coefficient (Wildman–Crippen LogP) is 3.03. The Morgan fingerprint density at radius 3 is 2.87 bits per heavy atom. The van der Waals surface area contributed by atoms with E-state index in [1.165, 1.54) is 13.3 Å². The average Bonchev–Trinajstić information content (AvgIpc) is 2.53. The summed E-state index contributed by atoms with van der Waals surface area (Å²) < 4.78 is 11.1. The van der Waals surface area contributed by atoms with Gasteiger partial charge in [0.2, 0.25) is 0 Å². The third-order valence-electron chi connectivity index (χ3n) is 3.52.